The van der Waals surface area contributed by atoms with Crippen LogP contribution in [-0.4, -0.2) is 160 Å². The number of benzene rings is 2. The second-order valence-electron chi connectivity index (χ2n) is 19.0. The van der Waals surface area contributed by atoms with Crippen molar-refractivity contribution in [2.75, 3.05) is 31.1 Å². The number of nitrogens with zero attached hydrogens (tertiary/aromatic N) is 1. The number of rotatable bonds is 16. The van der Waals surface area contributed by atoms with Gasteiger partial charge >= 0.3 is 12.1 Å². The maximum atomic E-state index is 14.5. The zero-order valence-electron chi connectivity index (χ0n) is 43.1. The lowest BCUT2D eigenvalue weighted by Gasteiger charge is -2.31. The van der Waals surface area contributed by atoms with Crippen molar-refractivity contribution in [1.29, 1.82) is 0 Å². The summed E-state index contributed by atoms with van der Waals surface area (Å²) in [5.41, 5.74) is 17.8. The number of likely N-dealkylation sites (tertiary alicyclic amines) is 1. The zero-order valence-corrected chi connectivity index (χ0v) is 44.7. The minimum absolute atomic E-state index is 0.000271. The van der Waals surface area contributed by atoms with Crippen LogP contribution in [0.3, 0.4) is 0 Å². The predicted octanol–water partition coefficient (Wildman–Crippen LogP) is -0.708. The fourth-order valence-electron chi connectivity index (χ4n) is 8.88. The normalized spacial score (nSPS) is 22.6. The Morgan fingerprint density at radius 3 is 1.89 bits per heavy atom. The number of carbonyl (C=O) groups excluding carboxylic acids is 10. The number of nitrogens with two attached hydrogens (primary N) is 3. The molecule has 1 aliphatic carbocycles. The zero-order chi connectivity index (χ0) is 58.2. The van der Waals surface area contributed by atoms with Gasteiger partial charge in [-0.15, -0.1) is 0 Å². The van der Waals surface area contributed by atoms with Gasteiger partial charge < -0.3 is 69.5 Å². The van der Waals surface area contributed by atoms with Crippen molar-refractivity contribution >= 4 is 86.6 Å². The van der Waals surface area contributed by atoms with E-state index in [1.807, 2.05) is 0 Å². The van der Waals surface area contributed by atoms with E-state index in [4.69, 9.17) is 27.1 Å². The van der Waals surface area contributed by atoms with Gasteiger partial charge in [0, 0.05) is 37.3 Å². The first-order valence-electron chi connectivity index (χ1n) is 25.5. The molecule has 0 spiro atoms. The molecule has 0 unspecified atom stereocenters. The van der Waals surface area contributed by atoms with Crippen molar-refractivity contribution in [3.8, 4) is 5.75 Å². The summed E-state index contributed by atoms with van der Waals surface area (Å²) in [6, 6.07) is 5.99. The molecule has 2 heterocycles. The molecule has 79 heavy (non-hydrogen) atoms. The van der Waals surface area contributed by atoms with E-state index in [9.17, 15) is 66.2 Å². The molecule has 3 aliphatic rings. The number of alkyl halides is 3. The van der Waals surface area contributed by atoms with Crippen molar-refractivity contribution in [2.24, 2.45) is 23.1 Å². The Balaban J connectivity index is 0.00000179. The molecule has 7 atom stereocenters. The quantitative estimate of drug-likeness (QED) is 0.0924. The van der Waals surface area contributed by atoms with Crippen molar-refractivity contribution in [3.63, 3.8) is 0 Å². The third kappa shape index (κ3) is 22.3. The van der Waals surface area contributed by atoms with E-state index < -0.39 is 126 Å². The van der Waals surface area contributed by atoms with E-state index in [1.54, 1.807) is 42.5 Å². The summed E-state index contributed by atoms with van der Waals surface area (Å²) in [5.74, 6) is -10.3. The van der Waals surface area contributed by atoms with E-state index in [0.29, 0.717) is 17.5 Å². The van der Waals surface area contributed by atoms with Crippen LogP contribution in [0.15, 0.2) is 54.6 Å². The van der Waals surface area contributed by atoms with Gasteiger partial charge in [0.25, 0.3) is 0 Å². The largest absolute Gasteiger partial charge is 0.508 e. The van der Waals surface area contributed by atoms with E-state index >= 15 is 0 Å². The van der Waals surface area contributed by atoms with E-state index in [1.165, 1.54) is 27.8 Å². The fraction of sp³-hybridized carbons (Fsp3) is 0.540. The second kappa shape index (κ2) is 32.1. The summed E-state index contributed by atoms with van der Waals surface area (Å²) in [5, 5.41) is 35.7. The number of amides is 10. The Morgan fingerprint density at radius 2 is 1.29 bits per heavy atom. The summed E-state index contributed by atoms with van der Waals surface area (Å²) in [6.45, 7) is -0.397. The molecule has 0 bridgehead atoms. The van der Waals surface area contributed by atoms with Gasteiger partial charge in [-0.25, -0.2) is 4.79 Å². The molecule has 2 aliphatic heterocycles. The summed E-state index contributed by atoms with van der Waals surface area (Å²) in [6.07, 6.45) is -0.854. The van der Waals surface area contributed by atoms with Gasteiger partial charge in [0.15, 0.2) is 0 Å². The van der Waals surface area contributed by atoms with Crippen LogP contribution in [0.2, 0.25) is 0 Å². The van der Waals surface area contributed by atoms with E-state index in [-0.39, 0.29) is 74.8 Å². The van der Waals surface area contributed by atoms with Gasteiger partial charge in [0.1, 0.15) is 48.0 Å². The van der Waals surface area contributed by atoms with Crippen molar-refractivity contribution < 1.29 is 76.1 Å². The Kier molecular flexibility index (Phi) is 26.1. The number of halogens is 3. The van der Waals surface area contributed by atoms with Gasteiger partial charge in [-0.2, -0.15) is 13.2 Å². The lowest BCUT2D eigenvalue weighted by atomic mass is 9.84. The first-order valence-corrected chi connectivity index (χ1v) is 28.0. The highest BCUT2D eigenvalue weighted by Gasteiger charge is 2.41. The van der Waals surface area contributed by atoms with Crippen LogP contribution in [0.1, 0.15) is 81.8 Å². The molecule has 3 fully saturated rings. The highest BCUT2D eigenvalue weighted by atomic mass is 33.1. The second-order valence-corrected chi connectivity index (χ2v) is 21.6. The van der Waals surface area contributed by atoms with Crippen molar-refractivity contribution in [3.05, 3.63) is 65.7 Å². The number of hydrogen-bond acceptors (Lipinski definition) is 15. The molecule has 24 nitrogen and oxygen atoms in total. The van der Waals surface area contributed by atoms with Gasteiger partial charge in [-0.3, -0.25) is 47.9 Å². The molecule has 2 saturated heterocycles. The summed E-state index contributed by atoms with van der Waals surface area (Å²) in [7, 11) is 2.30. The standard InChI is InChI=1S/C48H67N11O11S2.C2HF3O2/c49-19-17-32(42(64)52-26-40(51)62)54-47(69)38-12-7-20-59(38)48(70)37-27-72-71-21-18-41(63)53-33(24-30-13-15-31(60)16-14-30)43(65)55-34(22-28-8-3-1-4-9-28)44(66)56-35(23-29-10-5-2-6-11-29)45(67)57-36(25-39(50)61)46(68)58-37;3-2(4,5)1(6)7/h1,3-4,8-9,13-16,29,32-38,60H,2,5-7,10-12,17-27,49H2,(H2,50,61)(H2,51,62)(H,52,64)(H,53,63)(H,54,69)(H,55,65)(H,56,66)(H,57,67)(H,58,68);(H,6,7)/t32-,33-,34-,35-,36-,37+,38+;/m0./s1. The smallest absolute Gasteiger partial charge is 0.490 e. The minimum atomic E-state index is -5.08. The highest BCUT2D eigenvalue weighted by molar-refractivity contribution is 8.76. The fourth-order valence-corrected chi connectivity index (χ4v) is 11.0. The van der Waals surface area contributed by atoms with Crippen molar-refractivity contribution in [2.45, 2.75) is 132 Å². The molecule has 5 rings (SSSR count). The first-order chi connectivity index (χ1) is 37.4. The molecular formula is C50H68F3N11O13S2. The average Bonchev–Trinajstić information content (AvgIpc) is 3.91. The van der Waals surface area contributed by atoms with Crippen LogP contribution in [0.4, 0.5) is 13.2 Å². The SMILES string of the molecule is NCC[C@H](NC(=O)[C@H]1CCCN1C(=O)[C@H]1CSSCCC(=O)N[C@@H](Cc2ccc(O)cc2)C(=O)N[C@@H](Cc2ccccc2)C(=O)N[C@@H](CC2CCCCC2)C(=O)N[C@@H](CC(N)=O)C(=O)N1)C(=O)NCC(N)=O.O=C(O)C(F)(F)F. The average molecular weight is 1150 g/mol. The topological polar surface area (TPSA) is 394 Å². The summed E-state index contributed by atoms with van der Waals surface area (Å²) < 4.78 is 31.7. The molecule has 434 valence electrons. The van der Waals surface area contributed by atoms with E-state index in [0.717, 1.165) is 42.9 Å². The molecule has 15 N–H and O–H groups in total. The Labute approximate surface area is 460 Å². The lowest BCUT2D eigenvalue weighted by molar-refractivity contribution is -0.192. The number of carboxylic acid groups (broad SMARTS) is 1. The Bertz CT molecular complexity index is 2460. The lowest BCUT2D eigenvalue weighted by Crippen LogP contribution is -2.61. The van der Waals surface area contributed by atoms with Gasteiger partial charge in [-0.05, 0) is 61.4 Å². The molecule has 2 aromatic rings. The molecule has 10 amide bonds. The van der Waals surface area contributed by atoms with E-state index in [2.05, 4.69) is 37.2 Å². The van der Waals surface area contributed by atoms with Crippen LogP contribution in [0.25, 0.3) is 0 Å². The first kappa shape index (κ1) is 64.4. The number of phenols is 1. The maximum absolute atomic E-state index is 14.5. The molecule has 0 radical (unpaired) electrons. The van der Waals surface area contributed by atoms with Crippen LogP contribution in [-0.2, 0) is 65.6 Å². The van der Waals surface area contributed by atoms with Gasteiger partial charge in [0.2, 0.25) is 59.1 Å². The van der Waals surface area contributed by atoms with Gasteiger partial charge in [-0.1, -0.05) is 96.2 Å². The summed E-state index contributed by atoms with van der Waals surface area (Å²) in [4.78, 5) is 146. The summed E-state index contributed by atoms with van der Waals surface area (Å²) >= 11 is 0. The number of aliphatic carboxylic acids is 1. The highest BCUT2D eigenvalue weighted by Crippen LogP contribution is 2.29. The Hall–Kier alpha value is -7.14. The maximum Gasteiger partial charge on any atom is 0.490 e. The minimum Gasteiger partial charge on any atom is -0.508 e. The molecule has 29 heteroatoms. The van der Waals surface area contributed by atoms with Gasteiger partial charge in [0.05, 0.1) is 13.0 Å². The Morgan fingerprint density at radius 1 is 0.722 bits per heavy atom. The number of carboxylic acids is 1. The van der Waals surface area contributed by atoms with Crippen LogP contribution >= 0.6 is 21.6 Å². The number of aromatic hydroxyl groups is 1. The van der Waals surface area contributed by atoms with Crippen LogP contribution < -0.4 is 54.4 Å². The van der Waals surface area contributed by atoms with Crippen molar-refractivity contribution in [1.82, 2.24) is 42.1 Å². The predicted molar refractivity (Wildman–Crippen MR) is 282 cm³/mol. The number of phenolic OH excluding ortho intramolecular Hbond substituents is 1. The molecule has 0 aromatic heterocycles. The number of hydrogen-bond donors (Lipinski definition) is 12. The van der Waals surface area contributed by atoms with Crippen LogP contribution in [0, 0.1) is 5.92 Å². The number of primary amides is 2. The number of nitrogens with one attached hydrogen (secondary N) is 7. The molecule has 2 aromatic carbocycles. The third-order valence-corrected chi connectivity index (χ3v) is 15.3. The van der Waals surface area contributed by atoms with Crippen LogP contribution in [0.5, 0.6) is 5.75 Å². The third-order valence-electron chi connectivity index (χ3n) is 12.9. The molecular weight excluding hydrogens is 1080 g/mol. The number of carbonyl (C=O) groups is 11. The monoisotopic (exact) mass is 1150 g/mol. The molecule has 1 saturated carbocycles.